The van der Waals surface area contributed by atoms with Crippen molar-refractivity contribution in [2.24, 2.45) is 5.41 Å². The zero-order chi connectivity index (χ0) is 12.9. The second-order valence-electron chi connectivity index (χ2n) is 6.12. The van der Waals surface area contributed by atoms with E-state index in [4.69, 9.17) is 0 Å². The third-order valence-corrected chi connectivity index (χ3v) is 3.08. The van der Waals surface area contributed by atoms with Gasteiger partial charge in [0.2, 0.25) is 0 Å². The van der Waals surface area contributed by atoms with Gasteiger partial charge in [-0.05, 0) is 43.9 Å². The first-order valence-corrected chi connectivity index (χ1v) is 6.49. The van der Waals surface area contributed by atoms with Gasteiger partial charge in [0.25, 0.3) is 0 Å². The molecule has 0 saturated heterocycles. The Morgan fingerprint density at radius 3 is 2.47 bits per heavy atom. The Balaban J connectivity index is 2.49. The zero-order valence-electron chi connectivity index (χ0n) is 11.9. The topological polar surface area (TPSA) is 24.9 Å². The van der Waals surface area contributed by atoms with Crippen LogP contribution in [0.4, 0.5) is 0 Å². The lowest BCUT2D eigenvalue weighted by Gasteiger charge is -2.22. The van der Waals surface area contributed by atoms with Crippen molar-refractivity contribution in [1.29, 1.82) is 0 Å². The van der Waals surface area contributed by atoms with E-state index in [0.29, 0.717) is 11.5 Å². The van der Waals surface area contributed by atoms with E-state index in [-0.39, 0.29) is 0 Å². The van der Waals surface area contributed by atoms with Crippen molar-refractivity contribution < 1.29 is 0 Å². The van der Waals surface area contributed by atoms with Crippen LogP contribution in [-0.4, -0.2) is 18.1 Å². The molecule has 0 saturated carbocycles. The molecule has 0 bridgehead atoms. The van der Waals surface area contributed by atoms with Crippen LogP contribution in [-0.2, 0) is 6.42 Å². The normalized spacial score (nSPS) is 13.7. The molecule has 2 heteroatoms. The van der Waals surface area contributed by atoms with Gasteiger partial charge in [-0.2, -0.15) is 0 Å². The maximum Gasteiger partial charge on any atom is 0.0419 e. The fourth-order valence-electron chi connectivity index (χ4n) is 1.83. The summed E-state index contributed by atoms with van der Waals surface area (Å²) in [6, 6.07) is 4.81. The van der Waals surface area contributed by atoms with Crippen LogP contribution < -0.4 is 5.32 Å². The van der Waals surface area contributed by atoms with Crippen molar-refractivity contribution in [2.75, 3.05) is 7.05 Å². The van der Waals surface area contributed by atoms with E-state index in [9.17, 15) is 0 Å². The van der Waals surface area contributed by atoms with Gasteiger partial charge in [0.15, 0.2) is 0 Å². The quantitative estimate of drug-likeness (QED) is 0.845. The van der Waals surface area contributed by atoms with Gasteiger partial charge in [0, 0.05) is 24.4 Å². The van der Waals surface area contributed by atoms with Gasteiger partial charge in [-0.25, -0.2) is 0 Å². The SMILES string of the molecule is CNC(CCC(C)(C)C)Cc1ccc(C)cn1. The third kappa shape index (κ3) is 5.83. The predicted octanol–water partition coefficient (Wildman–Crippen LogP) is 3.35. The van der Waals surface area contributed by atoms with E-state index in [1.807, 2.05) is 13.2 Å². The number of aryl methyl sites for hydroxylation is 1. The number of hydrogen-bond donors (Lipinski definition) is 1. The molecule has 0 aliphatic carbocycles. The lowest BCUT2D eigenvalue weighted by molar-refractivity contribution is 0.334. The van der Waals surface area contributed by atoms with Crippen molar-refractivity contribution in [1.82, 2.24) is 10.3 Å². The van der Waals surface area contributed by atoms with Crippen LogP contribution in [0.25, 0.3) is 0 Å². The number of nitrogens with zero attached hydrogens (tertiary/aromatic N) is 1. The highest BCUT2D eigenvalue weighted by atomic mass is 14.9. The number of nitrogens with one attached hydrogen (secondary N) is 1. The van der Waals surface area contributed by atoms with Crippen molar-refractivity contribution in [3.8, 4) is 0 Å². The molecule has 0 aromatic carbocycles. The van der Waals surface area contributed by atoms with Crippen molar-refractivity contribution in [3.63, 3.8) is 0 Å². The molecular weight excluding hydrogens is 208 g/mol. The van der Waals surface area contributed by atoms with E-state index in [2.05, 4.69) is 50.1 Å². The van der Waals surface area contributed by atoms with Crippen LogP contribution in [0.1, 0.15) is 44.9 Å². The van der Waals surface area contributed by atoms with Crippen LogP contribution in [0.15, 0.2) is 18.3 Å². The summed E-state index contributed by atoms with van der Waals surface area (Å²) in [5.74, 6) is 0. The van der Waals surface area contributed by atoms with Crippen LogP contribution in [0.2, 0.25) is 0 Å². The number of likely N-dealkylation sites (N-methyl/N-ethyl adjacent to an activating group) is 1. The Kier molecular flexibility index (Phi) is 5.13. The maximum atomic E-state index is 4.47. The average molecular weight is 234 g/mol. The summed E-state index contributed by atoms with van der Waals surface area (Å²) in [5, 5.41) is 3.40. The van der Waals surface area contributed by atoms with Gasteiger partial charge in [-0.3, -0.25) is 4.98 Å². The smallest absolute Gasteiger partial charge is 0.0419 e. The highest BCUT2D eigenvalue weighted by Crippen LogP contribution is 2.22. The van der Waals surface area contributed by atoms with Crippen molar-refractivity contribution >= 4 is 0 Å². The Morgan fingerprint density at radius 1 is 1.29 bits per heavy atom. The lowest BCUT2D eigenvalue weighted by Crippen LogP contribution is -2.29. The number of pyridine rings is 1. The first-order chi connectivity index (χ1) is 7.90. The second-order valence-corrected chi connectivity index (χ2v) is 6.12. The molecule has 17 heavy (non-hydrogen) atoms. The molecule has 0 amide bonds. The summed E-state index contributed by atoms with van der Waals surface area (Å²) in [5.41, 5.74) is 2.82. The molecule has 1 rings (SSSR count). The van der Waals surface area contributed by atoms with Crippen LogP contribution >= 0.6 is 0 Å². The Labute approximate surface area is 106 Å². The molecular formula is C15H26N2. The highest BCUT2D eigenvalue weighted by molar-refractivity contribution is 5.13. The minimum atomic E-state index is 0.413. The number of rotatable bonds is 5. The largest absolute Gasteiger partial charge is 0.317 e. The predicted molar refractivity (Wildman–Crippen MR) is 74.2 cm³/mol. The van der Waals surface area contributed by atoms with E-state index in [0.717, 1.165) is 6.42 Å². The summed E-state index contributed by atoms with van der Waals surface area (Å²) in [4.78, 5) is 4.47. The van der Waals surface area contributed by atoms with Gasteiger partial charge in [-0.15, -0.1) is 0 Å². The molecule has 96 valence electrons. The van der Waals surface area contributed by atoms with Crippen molar-refractivity contribution in [3.05, 3.63) is 29.6 Å². The van der Waals surface area contributed by atoms with Gasteiger partial charge in [0.05, 0.1) is 0 Å². The number of hydrogen-bond acceptors (Lipinski definition) is 2. The minimum Gasteiger partial charge on any atom is -0.317 e. The van der Waals surface area contributed by atoms with Gasteiger partial charge in [-0.1, -0.05) is 26.8 Å². The fourth-order valence-corrected chi connectivity index (χ4v) is 1.83. The number of aromatic nitrogens is 1. The average Bonchev–Trinajstić information content (AvgIpc) is 2.25. The Bertz CT molecular complexity index is 322. The fraction of sp³-hybridized carbons (Fsp3) is 0.667. The maximum absolute atomic E-state index is 4.47. The van der Waals surface area contributed by atoms with Gasteiger partial charge < -0.3 is 5.32 Å². The van der Waals surface area contributed by atoms with Crippen molar-refractivity contribution in [2.45, 2.75) is 53.0 Å². The lowest BCUT2D eigenvalue weighted by atomic mass is 9.88. The Morgan fingerprint density at radius 2 is 2.00 bits per heavy atom. The van der Waals surface area contributed by atoms with Gasteiger partial charge >= 0.3 is 0 Å². The molecule has 0 aliphatic rings. The standard InChI is InChI=1S/C15H26N2/c1-12-6-7-14(17-11-12)10-13(16-5)8-9-15(2,3)4/h6-7,11,13,16H,8-10H2,1-5H3. The molecule has 1 heterocycles. The molecule has 1 atom stereocenters. The summed E-state index contributed by atoms with van der Waals surface area (Å²) in [6.45, 7) is 8.96. The van der Waals surface area contributed by atoms with Gasteiger partial charge in [0.1, 0.15) is 0 Å². The van der Waals surface area contributed by atoms with E-state index < -0.39 is 0 Å². The molecule has 0 radical (unpaired) electrons. The van der Waals surface area contributed by atoms with E-state index in [1.54, 1.807) is 0 Å². The molecule has 0 spiro atoms. The first-order valence-electron chi connectivity index (χ1n) is 6.49. The Hall–Kier alpha value is -0.890. The molecule has 0 aliphatic heterocycles. The summed E-state index contributed by atoms with van der Waals surface area (Å²) in [6.07, 6.45) is 5.42. The molecule has 0 fully saturated rings. The van der Waals surface area contributed by atoms with Crippen LogP contribution in [0, 0.1) is 12.3 Å². The molecule has 1 unspecified atom stereocenters. The van der Waals surface area contributed by atoms with E-state index >= 15 is 0 Å². The highest BCUT2D eigenvalue weighted by Gasteiger charge is 2.14. The summed E-state index contributed by atoms with van der Waals surface area (Å²) >= 11 is 0. The second kappa shape index (κ2) is 6.15. The zero-order valence-corrected chi connectivity index (χ0v) is 11.9. The summed E-state index contributed by atoms with van der Waals surface area (Å²) in [7, 11) is 2.04. The molecule has 1 aromatic rings. The first kappa shape index (κ1) is 14.2. The minimum absolute atomic E-state index is 0.413. The van der Waals surface area contributed by atoms with Crippen LogP contribution in [0.3, 0.4) is 0 Å². The molecule has 1 aromatic heterocycles. The van der Waals surface area contributed by atoms with Crippen LogP contribution in [0.5, 0.6) is 0 Å². The molecule has 1 N–H and O–H groups in total. The monoisotopic (exact) mass is 234 g/mol. The molecule has 2 nitrogen and oxygen atoms in total. The summed E-state index contributed by atoms with van der Waals surface area (Å²) < 4.78 is 0. The van der Waals surface area contributed by atoms with E-state index in [1.165, 1.54) is 24.1 Å². The third-order valence-electron chi connectivity index (χ3n) is 3.08.